The molecule has 0 spiro atoms. The quantitative estimate of drug-likeness (QED) is 0.846. The highest BCUT2D eigenvalue weighted by atomic mass is 79.9. The first-order valence-corrected chi connectivity index (χ1v) is 6.39. The van der Waals surface area contributed by atoms with Crippen molar-refractivity contribution in [2.45, 2.75) is 6.04 Å². The van der Waals surface area contributed by atoms with E-state index in [9.17, 15) is 9.18 Å². The first-order valence-electron chi connectivity index (χ1n) is 4.89. The Labute approximate surface area is 112 Å². The van der Waals surface area contributed by atoms with Gasteiger partial charge in [-0.15, -0.1) is 0 Å². The average molecular weight is 325 g/mol. The standard InChI is InChI=1S/C11H12BrClFNO2/c1-17-6-8(5-12)15-11(16)9-3-2-7(14)4-10(9)13/h2-4,8H,5-6H2,1H3,(H,15,16). The number of methoxy groups -OCH3 is 1. The predicted octanol–water partition coefficient (Wildman–Crippen LogP) is 2.62. The van der Waals surface area contributed by atoms with Gasteiger partial charge in [0.1, 0.15) is 5.82 Å². The van der Waals surface area contributed by atoms with Crippen molar-refractivity contribution in [3.05, 3.63) is 34.6 Å². The molecule has 1 atom stereocenters. The molecule has 94 valence electrons. The fourth-order valence-electron chi connectivity index (χ4n) is 1.26. The SMILES string of the molecule is COCC(CBr)NC(=O)c1ccc(F)cc1Cl. The zero-order valence-electron chi connectivity index (χ0n) is 9.17. The molecular formula is C11H12BrClFNO2. The number of halogens is 3. The third-order valence-corrected chi connectivity index (χ3v) is 3.16. The van der Waals surface area contributed by atoms with E-state index < -0.39 is 5.82 Å². The molecule has 0 bridgehead atoms. The predicted molar refractivity (Wildman–Crippen MR) is 68.3 cm³/mol. The molecule has 1 aromatic rings. The maximum absolute atomic E-state index is 12.8. The molecule has 6 heteroatoms. The molecule has 0 radical (unpaired) electrons. The van der Waals surface area contributed by atoms with Gasteiger partial charge >= 0.3 is 0 Å². The summed E-state index contributed by atoms with van der Waals surface area (Å²) in [6.45, 7) is 0.385. The summed E-state index contributed by atoms with van der Waals surface area (Å²) in [5, 5.41) is 3.38. The number of carbonyl (C=O) groups excluding carboxylic acids is 1. The van der Waals surface area contributed by atoms with Gasteiger partial charge in [0.25, 0.3) is 5.91 Å². The number of alkyl halides is 1. The zero-order valence-corrected chi connectivity index (χ0v) is 11.5. The van der Waals surface area contributed by atoms with Crippen LogP contribution in [0.1, 0.15) is 10.4 Å². The second-order valence-electron chi connectivity index (χ2n) is 3.40. The highest BCUT2D eigenvalue weighted by Gasteiger charge is 2.15. The van der Waals surface area contributed by atoms with Gasteiger partial charge in [0.15, 0.2) is 0 Å². The minimum absolute atomic E-state index is 0.0910. The molecule has 17 heavy (non-hydrogen) atoms. The summed E-state index contributed by atoms with van der Waals surface area (Å²) >= 11 is 9.04. The average Bonchev–Trinajstić information content (AvgIpc) is 2.28. The molecule has 1 aromatic carbocycles. The van der Waals surface area contributed by atoms with Crippen LogP contribution in [0, 0.1) is 5.82 Å². The van der Waals surface area contributed by atoms with Crippen LogP contribution in [0.2, 0.25) is 5.02 Å². The molecule has 0 aliphatic rings. The maximum atomic E-state index is 12.8. The lowest BCUT2D eigenvalue weighted by molar-refractivity contribution is 0.0908. The molecule has 0 aromatic heterocycles. The Morgan fingerprint density at radius 2 is 2.35 bits per heavy atom. The van der Waals surface area contributed by atoms with Gasteiger partial charge in [-0.1, -0.05) is 27.5 Å². The van der Waals surface area contributed by atoms with E-state index in [2.05, 4.69) is 21.2 Å². The lowest BCUT2D eigenvalue weighted by Crippen LogP contribution is -2.39. The van der Waals surface area contributed by atoms with E-state index in [1.54, 1.807) is 7.11 Å². The van der Waals surface area contributed by atoms with E-state index in [-0.39, 0.29) is 22.5 Å². The van der Waals surface area contributed by atoms with E-state index in [0.717, 1.165) is 6.07 Å². The van der Waals surface area contributed by atoms with Crippen LogP contribution in [0.3, 0.4) is 0 Å². The summed E-state index contributed by atoms with van der Waals surface area (Å²) in [7, 11) is 1.55. The van der Waals surface area contributed by atoms with E-state index in [0.29, 0.717) is 11.9 Å². The van der Waals surface area contributed by atoms with Crippen LogP contribution < -0.4 is 5.32 Å². The number of hydrogen-bond acceptors (Lipinski definition) is 2. The Morgan fingerprint density at radius 1 is 1.65 bits per heavy atom. The first-order chi connectivity index (χ1) is 8.08. The van der Waals surface area contributed by atoms with Crippen molar-refractivity contribution >= 4 is 33.4 Å². The molecule has 1 amide bonds. The number of carbonyl (C=O) groups is 1. The van der Waals surface area contributed by atoms with E-state index in [1.807, 2.05) is 0 Å². The molecule has 0 saturated carbocycles. The molecule has 0 aliphatic heterocycles. The summed E-state index contributed by atoms with van der Waals surface area (Å²) in [5.74, 6) is -0.822. The van der Waals surface area contributed by atoms with Crippen molar-refractivity contribution in [2.24, 2.45) is 0 Å². The van der Waals surface area contributed by atoms with Crippen LogP contribution in [-0.2, 0) is 4.74 Å². The summed E-state index contributed by atoms with van der Waals surface area (Å²) in [6, 6.07) is 3.50. The van der Waals surface area contributed by atoms with Gasteiger partial charge in [0, 0.05) is 12.4 Å². The number of amides is 1. The van der Waals surface area contributed by atoms with Crippen molar-refractivity contribution in [1.82, 2.24) is 5.32 Å². The molecule has 0 heterocycles. The Balaban J connectivity index is 2.75. The molecule has 1 unspecified atom stereocenters. The Bertz CT molecular complexity index is 403. The summed E-state index contributed by atoms with van der Waals surface area (Å²) in [4.78, 5) is 11.8. The van der Waals surface area contributed by atoms with Crippen LogP contribution in [0.5, 0.6) is 0 Å². The van der Waals surface area contributed by atoms with Crippen LogP contribution in [-0.4, -0.2) is 31.0 Å². The van der Waals surface area contributed by atoms with E-state index in [1.165, 1.54) is 12.1 Å². The minimum Gasteiger partial charge on any atom is -0.383 e. The van der Waals surface area contributed by atoms with Crippen molar-refractivity contribution in [3.63, 3.8) is 0 Å². The van der Waals surface area contributed by atoms with Gasteiger partial charge in [-0.2, -0.15) is 0 Å². The Morgan fingerprint density at radius 3 is 2.88 bits per heavy atom. The smallest absolute Gasteiger partial charge is 0.253 e. The normalized spacial score (nSPS) is 12.2. The molecule has 1 N–H and O–H groups in total. The van der Waals surface area contributed by atoms with Gasteiger partial charge in [0.2, 0.25) is 0 Å². The molecule has 3 nitrogen and oxygen atoms in total. The van der Waals surface area contributed by atoms with Gasteiger partial charge in [-0.25, -0.2) is 4.39 Å². The third kappa shape index (κ3) is 4.26. The Kier molecular flexibility index (Phi) is 5.88. The molecule has 0 aliphatic carbocycles. The minimum atomic E-state index is -0.472. The van der Waals surface area contributed by atoms with E-state index in [4.69, 9.17) is 16.3 Å². The van der Waals surface area contributed by atoms with Crippen LogP contribution in [0.15, 0.2) is 18.2 Å². The Hall–Kier alpha value is -0.650. The largest absolute Gasteiger partial charge is 0.383 e. The van der Waals surface area contributed by atoms with E-state index >= 15 is 0 Å². The van der Waals surface area contributed by atoms with Gasteiger partial charge in [0.05, 0.1) is 23.2 Å². The molecular weight excluding hydrogens is 312 g/mol. The van der Waals surface area contributed by atoms with Crippen molar-refractivity contribution in [2.75, 3.05) is 19.0 Å². The topological polar surface area (TPSA) is 38.3 Å². The van der Waals surface area contributed by atoms with Crippen molar-refractivity contribution < 1.29 is 13.9 Å². The molecule has 0 saturated heterocycles. The number of ether oxygens (including phenoxy) is 1. The number of benzene rings is 1. The number of rotatable bonds is 5. The summed E-state index contributed by atoms with van der Waals surface area (Å²) < 4.78 is 17.8. The summed E-state index contributed by atoms with van der Waals surface area (Å²) in [6.07, 6.45) is 0. The van der Waals surface area contributed by atoms with Gasteiger partial charge in [-0.05, 0) is 18.2 Å². The number of nitrogens with one attached hydrogen (secondary N) is 1. The van der Waals surface area contributed by atoms with Gasteiger partial charge < -0.3 is 10.1 Å². The van der Waals surface area contributed by atoms with Crippen LogP contribution in [0.25, 0.3) is 0 Å². The van der Waals surface area contributed by atoms with Crippen molar-refractivity contribution in [3.8, 4) is 0 Å². The monoisotopic (exact) mass is 323 g/mol. The third-order valence-electron chi connectivity index (χ3n) is 2.07. The molecule has 1 rings (SSSR count). The number of hydrogen-bond donors (Lipinski definition) is 1. The lowest BCUT2D eigenvalue weighted by atomic mass is 10.2. The zero-order chi connectivity index (χ0) is 12.8. The van der Waals surface area contributed by atoms with Crippen molar-refractivity contribution in [1.29, 1.82) is 0 Å². The lowest BCUT2D eigenvalue weighted by Gasteiger charge is -2.15. The maximum Gasteiger partial charge on any atom is 0.253 e. The fourth-order valence-corrected chi connectivity index (χ4v) is 1.86. The highest BCUT2D eigenvalue weighted by Crippen LogP contribution is 2.17. The second kappa shape index (κ2) is 6.93. The van der Waals surface area contributed by atoms with Gasteiger partial charge in [-0.3, -0.25) is 4.79 Å². The second-order valence-corrected chi connectivity index (χ2v) is 4.46. The van der Waals surface area contributed by atoms with Crippen LogP contribution in [0.4, 0.5) is 4.39 Å². The fraction of sp³-hybridized carbons (Fsp3) is 0.364. The highest BCUT2D eigenvalue weighted by molar-refractivity contribution is 9.09. The first kappa shape index (κ1) is 14.4. The van der Waals surface area contributed by atoms with Crippen LogP contribution >= 0.6 is 27.5 Å². The molecule has 0 fully saturated rings. The summed E-state index contributed by atoms with van der Waals surface area (Å²) in [5.41, 5.74) is 0.245.